The summed E-state index contributed by atoms with van der Waals surface area (Å²) in [6.45, 7) is 6.19. The Bertz CT molecular complexity index is 1180. The first-order valence-corrected chi connectivity index (χ1v) is 11.3. The van der Waals surface area contributed by atoms with Gasteiger partial charge < -0.3 is 25.0 Å². The van der Waals surface area contributed by atoms with Gasteiger partial charge in [0.15, 0.2) is 0 Å². The molecule has 0 saturated carbocycles. The molecule has 1 amide bonds. The van der Waals surface area contributed by atoms with E-state index in [0.29, 0.717) is 31.3 Å². The molecule has 0 bridgehead atoms. The predicted octanol–water partition coefficient (Wildman–Crippen LogP) is 3.20. The Morgan fingerprint density at radius 1 is 1.31 bits per heavy atom. The smallest absolute Gasteiger partial charge is 0.254 e. The first kappa shape index (κ1) is 21.4. The normalized spacial score (nSPS) is 19.2. The molecule has 0 spiro atoms. The molecule has 2 aromatic heterocycles. The molecule has 1 saturated heterocycles. The first-order chi connectivity index (χ1) is 15.3. The van der Waals surface area contributed by atoms with E-state index in [0.717, 1.165) is 46.3 Å². The Labute approximate surface area is 191 Å². The lowest BCUT2D eigenvalue weighted by molar-refractivity contribution is -0.148. The quantitative estimate of drug-likeness (QED) is 0.565. The predicted molar refractivity (Wildman–Crippen MR) is 124 cm³/mol. The lowest BCUT2D eigenvalue weighted by Crippen LogP contribution is -2.47. The Kier molecular flexibility index (Phi) is 5.45. The second-order valence-electron chi connectivity index (χ2n) is 9.08. The highest BCUT2D eigenvalue weighted by atomic mass is 35.5. The van der Waals surface area contributed by atoms with Crippen LogP contribution in [0.3, 0.4) is 0 Å². The van der Waals surface area contributed by atoms with E-state index in [4.69, 9.17) is 16.3 Å². The highest BCUT2D eigenvalue weighted by molar-refractivity contribution is 6.35. The van der Waals surface area contributed by atoms with Gasteiger partial charge in [-0.2, -0.15) is 0 Å². The van der Waals surface area contributed by atoms with Gasteiger partial charge in [-0.25, -0.2) is 4.98 Å². The summed E-state index contributed by atoms with van der Waals surface area (Å²) in [5, 5.41) is 15.3. The molecule has 0 unspecified atom stereocenters. The summed E-state index contributed by atoms with van der Waals surface area (Å²) >= 11 is 6.33. The molecule has 3 aromatic rings. The van der Waals surface area contributed by atoms with Gasteiger partial charge in [0.25, 0.3) is 5.91 Å². The minimum absolute atomic E-state index is 0.0437. The van der Waals surface area contributed by atoms with Gasteiger partial charge >= 0.3 is 0 Å². The highest BCUT2D eigenvalue weighted by Gasteiger charge is 2.33. The van der Waals surface area contributed by atoms with Crippen LogP contribution in [0.2, 0.25) is 5.02 Å². The molecule has 2 aliphatic rings. The molecule has 0 aliphatic carbocycles. The molecule has 5 rings (SSSR count). The van der Waals surface area contributed by atoms with Crippen LogP contribution >= 0.6 is 11.6 Å². The number of carbonyl (C=O) groups excluding carboxylic acids is 1. The number of H-pyrrole nitrogens is 1. The molecule has 3 N–H and O–H groups in total. The van der Waals surface area contributed by atoms with Crippen LogP contribution in [-0.4, -0.2) is 57.8 Å². The van der Waals surface area contributed by atoms with E-state index in [2.05, 4.69) is 33.5 Å². The Morgan fingerprint density at radius 2 is 2.16 bits per heavy atom. The summed E-state index contributed by atoms with van der Waals surface area (Å²) in [5.41, 5.74) is 4.92. The number of pyridine rings is 1. The van der Waals surface area contributed by atoms with Crippen LogP contribution < -0.4 is 5.32 Å². The van der Waals surface area contributed by atoms with Crippen molar-refractivity contribution in [1.29, 1.82) is 0 Å². The number of halogens is 1. The van der Waals surface area contributed by atoms with Crippen molar-refractivity contribution in [2.24, 2.45) is 0 Å². The fourth-order valence-corrected chi connectivity index (χ4v) is 4.83. The summed E-state index contributed by atoms with van der Waals surface area (Å²) in [5.74, 6) is -0.247. The second kappa shape index (κ2) is 8.15. The van der Waals surface area contributed by atoms with Gasteiger partial charge in [0.05, 0.1) is 24.3 Å². The minimum atomic E-state index is -1.39. The largest absolute Gasteiger partial charge is 0.381 e. The number of morpholine rings is 1. The van der Waals surface area contributed by atoms with E-state index in [1.165, 1.54) is 5.56 Å². The number of carbonyl (C=O) groups is 1. The number of nitrogens with one attached hydrogen (secondary N) is 2. The molecule has 0 radical (unpaired) electrons. The number of rotatable bonds is 3. The number of amides is 1. The third kappa shape index (κ3) is 3.90. The molecule has 1 atom stereocenters. The van der Waals surface area contributed by atoms with Gasteiger partial charge in [-0.15, -0.1) is 0 Å². The zero-order valence-corrected chi connectivity index (χ0v) is 19.0. The van der Waals surface area contributed by atoms with Crippen molar-refractivity contribution in [2.75, 3.05) is 26.3 Å². The number of aromatic nitrogens is 2. The number of ether oxygens (including phenoxy) is 1. The Hall–Kier alpha value is -2.45. The fraction of sp³-hybridized carbons (Fsp3) is 0.417. The van der Waals surface area contributed by atoms with E-state index in [9.17, 15) is 9.90 Å². The Balaban J connectivity index is 1.59. The first-order valence-electron chi connectivity index (χ1n) is 10.9. The Morgan fingerprint density at radius 3 is 2.91 bits per heavy atom. The van der Waals surface area contributed by atoms with Crippen LogP contribution in [0.1, 0.15) is 36.6 Å². The number of hydrogen-bond acceptors (Lipinski definition) is 5. The number of aromatic amines is 1. The number of nitrogens with zero attached hydrogens (tertiary/aromatic N) is 2. The number of fused-ring (bicyclic) bond motifs is 2. The summed E-state index contributed by atoms with van der Waals surface area (Å²) in [6, 6.07) is 6.47. The average Bonchev–Trinajstić information content (AvgIpc) is 3.17. The van der Waals surface area contributed by atoms with Crippen molar-refractivity contribution < 1.29 is 14.6 Å². The van der Waals surface area contributed by atoms with E-state index in [1.54, 1.807) is 24.9 Å². The summed E-state index contributed by atoms with van der Waals surface area (Å²) < 4.78 is 5.75. The van der Waals surface area contributed by atoms with Crippen LogP contribution in [0.5, 0.6) is 0 Å². The minimum Gasteiger partial charge on any atom is -0.381 e. The molecule has 7 nitrogen and oxygen atoms in total. The van der Waals surface area contributed by atoms with E-state index >= 15 is 0 Å². The molecule has 4 heterocycles. The van der Waals surface area contributed by atoms with Crippen molar-refractivity contribution >= 4 is 28.5 Å². The molecule has 2 aliphatic heterocycles. The van der Waals surface area contributed by atoms with Gasteiger partial charge in [0.2, 0.25) is 0 Å². The third-order valence-corrected chi connectivity index (χ3v) is 6.61. The summed E-state index contributed by atoms with van der Waals surface area (Å²) in [6.07, 6.45) is 4.34. The third-order valence-electron chi connectivity index (χ3n) is 6.30. The molecule has 1 fully saturated rings. The van der Waals surface area contributed by atoms with Crippen LogP contribution in [0.15, 0.2) is 30.6 Å². The second-order valence-corrected chi connectivity index (χ2v) is 9.48. The van der Waals surface area contributed by atoms with Gasteiger partial charge in [0.1, 0.15) is 11.2 Å². The lowest BCUT2D eigenvalue weighted by atomic mass is 9.87. The fourth-order valence-electron chi connectivity index (χ4n) is 4.63. The van der Waals surface area contributed by atoms with Gasteiger partial charge in [-0.3, -0.25) is 4.79 Å². The number of benzene rings is 1. The molecule has 32 heavy (non-hydrogen) atoms. The van der Waals surface area contributed by atoms with Crippen molar-refractivity contribution in [2.45, 2.75) is 38.5 Å². The number of hydrogen-bond donors (Lipinski definition) is 3. The summed E-state index contributed by atoms with van der Waals surface area (Å²) in [7, 11) is 0. The SMILES string of the molecule is CC(C)(O)C(=O)N1CCc2cc(-c3cnc4[nH]cc(Cl)c4c3)cc([C@@H]3COCCN3)c2C1. The topological polar surface area (TPSA) is 90.5 Å². The number of aliphatic hydroxyl groups is 1. The van der Waals surface area contributed by atoms with Crippen molar-refractivity contribution in [3.8, 4) is 11.1 Å². The maximum Gasteiger partial charge on any atom is 0.254 e. The van der Waals surface area contributed by atoms with Crippen LogP contribution in [0.4, 0.5) is 0 Å². The van der Waals surface area contributed by atoms with Gasteiger partial charge in [0, 0.05) is 43.0 Å². The van der Waals surface area contributed by atoms with Crippen molar-refractivity contribution in [1.82, 2.24) is 20.2 Å². The molecular formula is C24H27ClN4O3. The average molecular weight is 455 g/mol. The molecule has 8 heteroatoms. The lowest BCUT2D eigenvalue weighted by Gasteiger charge is -2.36. The zero-order valence-electron chi connectivity index (χ0n) is 18.2. The van der Waals surface area contributed by atoms with Crippen LogP contribution in [0.25, 0.3) is 22.2 Å². The van der Waals surface area contributed by atoms with Crippen LogP contribution in [-0.2, 0) is 22.5 Å². The van der Waals surface area contributed by atoms with Gasteiger partial charge in [-0.1, -0.05) is 17.7 Å². The van der Waals surface area contributed by atoms with Crippen molar-refractivity contribution in [3.63, 3.8) is 0 Å². The van der Waals surface area contributed by atoms with Crippen LogP contribution in [0, 0.1) is 0 Å². The molecule has 1 aromatic carbocycles. The maximum atomic E-state index is 12.7. The van der Waals surface area contributed by atoms with E-state index in [1.807, 2.05) is 6.20 Å². The van der Waals surface area contributed by atoms with E-state index < -0.39 is 5.60 Å². The summed E-state index contributed by atoms with van der Waals surface area (Å²) in [4.78, 5) is 22.1. The standard InChI is InChI=1S/C24H27ClN4O3/c1-24(2,31)23(30)29-5-3-14-7-15(16-9-18-20(25)11-28-22(18)27-10-16)8-17(19(14)12-29)21-13-32-6-4-26-21/h7-11,21,26,31H,3-6,12-13H2,1-2H3,(H,27,28)/t21-/m0/s1. The molecular weight excluding hydrogens is 428 g/mol. The van der Waals surface area contributed by atoms with Gasteiger partial charge in [-0.05, 0) is 54.7 Å². The molecule has 168 valence electrons. The van der Waals surface area contributed by atoms with Crippen molar-refractivity contribution in [3.05, 3.63) is 52.3 Å². The maximum absolute atomic E-state index is 12.7. The zero-order chi connectivity index (χ0) is 22.5. The monoisotopic (exact) mass is 454 g/mol. The highest BCUT2D eigenvalue weighted by Crippen LogP contribution is 2.35. The van der Waals surface area contributed by atoms with E-state index in [-0.39, 0.29) is 11.9 Å².